The summed E-state index contributed by atoms with van der Waals surface area (Å²) in [5.41, 5.74) is 1.96. The predicted molar refractivity (Wildman–Crippen MR) is 86.1 cm³/mol. The molecule has 0 aliphatic carbocycles. The van der Waals surface area contributed by atoms with E-state index in [1.807, 2.05) is 29.6 Å². The van der Waals surface area contributed by atoms with Gasteiger partial charge in [0.2, 0.25) is 0 Å². The molecule has 4 nitrogen and oxygen atoms in total. The lowest BCUT2D eigenvalue weighted by molar-refractivity contribution is -0.142. The van der Waals surface area contributed by atoms with E-state index in [1.165, 1.54) is 16.9 Å². The summed E-state index contributed by atoms with van der Waals surface area (Å²) in [6.45, 7) is 2.98. The Hall–Kier alpha value is -1.59. The van der Waals surface area contributed by atoms with Crippen LogP contribution >= 0.6 is 22.9 Å². The summed E-state index contributed by atoms with van der Waals surface area (Å²) < 4.78 is 4.90. The molecule has 1 aromatic heterocycles. The van der Waals surface area contributed by atoms with Crippen LogP contribution in [0.3, 0.4) is 0 Å². The quantitative estimate of drug-likeness (QED) is 0.791. The molecule has 0 radical (unpaired) electrons. The lowest BCUT2D eigenvalue weighted by Gasteiger charge is -2.03. The van der Waals surface area contributed by atoms with Crippen LogP contribution in [0, 0.1) is 0 Å². The summed E-state index contributed by atoms with van der Waals surface area (Å²) in [4.78, 5) is 15.7. The number of nitrogens with zero attached hydrogens (tertiary/aromatic N) is 1. The van der Waals surface area contributed by atoms with Crippen molar-refractivity contribution in [1.82, 2.24) is 4.98 Å². The van der Waals surface area contributed by atoms with Gasteiger partial charge in [-0.05, 0) is 31.0 Å². The minimum absolute atomic E-state index is 0.225. The van der Waals surface area contributed by atoms with Crippen LogP contribution in [0.15, 0.2) is 29.6 Å². The molecular formula is C15H17ClN2O2S. The van der Waals surface area contributed by atoms with Gasteiger partial charge in [-0.1, -0.05) is 23.7 Å². The Morgan fingerprint density at radius 1 is 1.38 bits per heavy atom. The Kier molecular flexibility index (Phi) is 6.02. The third-order valence-corrected chi connectivity index (χ3v) is 3.89. The van der Waals surface area contributed by atoms with Gasteiger partial charge in [0.25, 0.3) is 0 Å². The number of ether oxygens (including phenoxy) is 1. The highest BCUT2D eigenvalue weighted by Crippen LogP contribution is 2.16. The van der Waals surface area contributed by atoms with Gasteiger partial charge in [-0.3, -0.25) is 4.79 Å². The van der Waals surface area contributed by atoms with Crippen LogP contribution in [0.2, 0.25) is 5.02 Å². The smallest absolute Gasteiger partial charge is 0.311 e. The molecule has 0 saturated heterocycles. The van der Waals surface area contributed by atoms with Crippen LogP contribution in [0.5, 0.6) is 0 Å². The number of rotatable bonds is 7. The molecule has 0 atom stereocenters. The fourth-order valence-electron chi connectivity index (χ4n) is 1.79. The van der Waals surface area contributed by atoms with Crippen LogP contribution in [0.4, 0.5) is 5.13 Å². The number of halogens is 1. The van der Waals surface area contributed by atoms with Crippen molar-refractivity contribution in [3.05, 3.63) is 45.9 Å². The van der Waals surface area contributed by atoms with Crippen molar-refractivity contribution in [2.24, 2.45) is 0 Å². The first kappa shape index (κ1) is 15.8. The molecule has 0 fully saturated rings. The summed E-state index contributed by atoms with van der Waals surface area (Å²) >= 11 is 7.34. The van der Waals surface area contributed by atoms with E-state index in [1.54, 1.807) is 6.92 Å². The molecular weight excluding hydrogens is 308 g/mol. The summed E-state index contributed by atoms with van der Waals surface area (Å²) in [6.07, 6.45) is 1.12. The summed E-state index contributed by atoms with van der Waals surface area (Å²) in [7, 11) is 0. The standard InChI is InChI=1S/C15H17ClN2O2S/c1-2-20-14(19)9-13-10-21-15(18-13)17-8-7-11-3-5-12(16)6-4-11/h3-6,10H,2,7-9H2,1H3,(H,17,18). The zero-order chi connectivity index (χ0) is 15.1. The first-order chi connectivity index (χ1) is 10.2. The molecule has 21 heavy (non-hydrogen) atoms. The third kappa shape index (κ3) is 5.36. The number of hydrogen-bond acceptors (Lipinski definition) is 5. The second-order valence-corrected chi connectivity index (χ2v) is 5.72. The molecule has 0 spiro atoms. The highest BCUT2D eigenvalue weighted by molar-refractivity contribution is 7.13. The lowest BCUT2D eigenvalue weighted by Crippen LogP contribution is -2.08. The van der Waals surface area contributed by atoms with E-state index in [0.29, 0.717) is 6.61 Å². The van der Waals surface area contributed by atoms with Crippen molar-refractivity contribution < 1.29 is 9.53 Å². The van der Waals surface area contributed by atoms with Crippen LogP contribution in [-0.4, -0.2) is 24.1 Å². The SMILES string of the molecule is CCOC(=O)Cc1csc(NCCc2ccc(Cl)cc2)n1. The number of esters is 1. The number of nitrogens with one attached hydrogen (secondary N) is 1. The van der Waals surface area contributed by atoms with Gasteiger partial charge in [-0.15, -0.1) is 11.3 Å². The van der Waals surface area contributed by atoms with Gasteiger partial charge in [0.1, 0.15) is 0 Å². The minimum atomic E-state index is -0.240. The second kappa shape index (κ2) is 8.00. The van der Waals surface area contributed by atoms with E-state index < -0.39 is 0 Å². The topological polar surface area (TPSA) is 51.2 Å². The van der Waals surface area contributed by atoms with Crippen molar-refractivity contribution in [3.63, 3.8) is 0 Å². The maximum Gasteiger partial charge on any atom is 0.311 e. The van der Waals surface area contributed by atoms with E-state index >= 15 is 0 Å². The molecule has 0 amide bonds. The van der Waals surface area contributed by atoms with E-state index in [4.69, 9.17) is 16.3 Å². The maximum atomic E-state index is 11.4. The van der Waals surface area contributed by atoms with Gasteiger partial charge in [-0.25, -0.2) is 4.98 Å². The molecule has 6 heteroatoms. The maximum absolute atomic E-state index is 11.4. The van der Waals surface area contributed by atoms with E-state index in [2.05, 4.69) is 10.3 Å². The van der Waals surface area contributed by atoms with Gasteiger partial charge in [-0.2, -0.15) is 0 Å². The molecule has 0 aliphatic heterocycles. The normalized spacial score (nSPS) is 10.4. The summed E-state index contributed by atoms with van der Waals surface area (Å²) in [6, 6.07) is 7.80. The Morgan fingerprint density at radius 2 is 2.14 bits per heavy atom. The van der Waals surface area contributed by atoms with Crippen molar-refractivity contribution >= 4 is 34.0 Å². The van der Waals surface area contributed by atoms with Crippen LogP contribution in [-0.2, 0) is 22.4 Å². The zero-order valence-electron chi connectivity index (χ0n) is 11.8. The molecule has 112 valence electrons. The number of anilines is 1. The Balaban J connectivity index is 1.77. The van der Waals surface area contributed by atoms with Gasteiger partial charge < -0.3 is 10.1 Å². The molecule has 0 aliphatic rings. The van der Waals surface area contributed by atoms with Gasteiger partial charge in [0.15, 0.2) is 5.13 Å². The van der Waals surface area contributed by atoms with Crippen molar-refractivity contribution in [3.8, 4) is 0 Å². The zero-order valence-corrected chi connectivity index (χ0v) is 13.3. The minimum Gasteiger partial charge on any atom is -0.466 e. The average molecular weight is 325 g/mol. The number of carbonyl (C=O) groups excluding carboxylic acids is 1. The van der Waals surface area contributed by atoms with Crippen molar-refractivity contribution in [1.29, 1.82) is 0 Å². The summed E-state index contributed by atoms with van der Waals surface area (Å²) in [5.74, 6) is -0.240. The third-order valence-electron chi connectivity index (χ3n) is 2.79. The summed E-state index contributed by atoms with van der Waals surface area (Å²) in [5, 5.41) is 6.70. The first-order valence-electron chi connectivity index (χ1n) is 6.75. The molecule has 2 aromatic rings. The van der Waals surface area contributed by atoms with Gasteiger partial charge >= 0.3 is 5.97 Å². The number of carbonyl (C=O) groups is 1. The predicted octanol–water partition coefficient (Wildman–Crippen LogP) is 3.56. The molecule has 1 N–H and O–H groups in total. The number of thiazole rings is 1. The highest BCUT2D eigenvalue weighted by atomic mass is 35.5. The Morgan fingerprint density at radius 3 is 2.86 bits per heavy atom. The fourth-order valence-corrected chi connectivity index (χ4v) is 2.66. The lowest BCUT2D eigenvalue weighted by atomic mass is 10.1. The van der Waals surface area contributed by atoms with Crippen molar-refractivity contribution in [2.45, 2.75) is 19.8 Å². The number of hydrogen-bond donors (Lipinski definition) is 1. The molecule has 0 unspecified atom stereocenters. The monoisotopic (exact) mass is 324 g/mol. The van der Waals surface area contributed by atoms with Gasteiger partial charge in [0.05, 0.1) is 18.7 Å². The largest absolute Gasteiger partial charge is 0.466 e. The number of benzene rings is 1. The van der Waals surface area contributed by atoms with Crippen molar-refractivity contribution in [2.75, 3.05) is 18.5 Å². The van der Waals surface area contributed by atoms with E-state index in [-0.39, 0.29) is 12.4 Å². The Labute approximate surface area is 133 Å². The van der Waals surface area contributed by atoms with Crippen LogP contribution in [0.25, 0.3) is 0 Å². The first-order valence-corrected chi connectivity index (χ1v) is 8.01. The van der Waals surface area contributed by atoms with Crippen LogP contribution in [0.1, 0.15) is 18.2 Å². The number of aromatic nitrogens is 1. The molecule has 1 aromatic carbocycles. The van der Waals surface area contributed by atoms with Gasteiger partial charge in [0, 0.05) is 16.9 Å². The Bertz CT molecular complexity index is 584. The molecule has 0 saturated carbocycles. The fraction of sp³-hybridized carbons (Fsp3) is 0.333. The van der Waals surface area contributed by atoms with E-state index in [0.717, 1.165) is 28.8 Å². The average Bonchev–Trinajstić information content (AvgIpc) is 2.89. The van der Waals surface area contributed by atoms with Crippen LogP contribution < -0.4 is 5.32 Å². The molecule has 2 rings (SSSR count). The highest BCUT2D eigenvalue weighted by Gasteiger charge is 2.08. The molecule has 1 heterocycles. The van der Waals surface area contributed by atoms with E-state index in [9.17, 15) is 4.79 Å². The molecule has 0 bridgehead atoms. The second-order valence-electron chi connectivity index (χ2n) is 4.43.